The van der Waals surface area contributed by atoms with Gasteiger partial charge in [0.25, 0.3) is 5.56 Å². The van der Waals surface area contributed by atoms with E-state index in [9.17, 15) is 14.4 Å². The van der Waals surface area contributed by atoms with E-state index in [4.69, 9.17) is 9.84 Å². The Kier molecular flexibility index (Phi) is 4.30. The van der Waals surface area contributed by atoms with E-state index < -0.39 is 6.09 Å². The Morgan fingerprint density at radius 3 is 2.80 bits per heavy atom. The average Bonchev–Trinajstić information content (AvgIpc) is 3.11. The van der Waals surface area contributed by atoms with Crippen LogP contribution >= 0.6 is 0 Å². The number of ether oxygens (including phenoxy) is 1. The second-order valence-electron chi connectivity index (χ2n) is 7.81. The fourth-order valence-electron chi connectivity index (χ4n) is 4.19. The predicted octanol–water partition coefficient (Wildman–Crippen LogP) is 1.81. The van der Waals surface area contributed by atoms with E-state index in [1.54, 1.807) is 12.4 Å². The van der Waals surface area contributed by atoms with E-state index in [0.717, 1.165) is 28.1 Å². The first-order chi connectivity index (χ1) is 14.5. The molecule has 9 heteroatoms. The number of nitrogens with zero attached hydrogens (tertiary/aromatic N) is 2. The maximum absolute atomic E-state index is 12.4. The minimum atomic E-state index is -0.940. The van der Waals surface area contributed by atoms with Gasteiger partial charge in [-0.15, -0.1) is 0 Å². The fraction of sp³-hybridized carbons (Fsp3) is 0.333. The smallest absolute Gasteiger partial charge is 0.407 e. The number of fused-ring (bicyclic) bond motifs is 2. The number of rotatable bonds is 4. The van der Waals surface area contributed by atoms with Gasteiger partial charge in [-0.3, -0.25) is 9.59 Å². The van der Waals surface area contributed by atoms with Gasteiger partial charge in [0.05, 0.1) is 6.04 Å². The van der Waals surface area contributed by atoms with Crippen LogP contribution in [0, 0.1) is 0 Å². The number of pyridine rings is 2. The van der Waals surface area contributed by atoms with E-state index in [-0.39, 0.29) is 23.4 Å². The van der Waals surface area contributed by atoms with Crippen molar-refractivity contribution in [1.82, 2.24) is 20.2 Å². The highest BCUT2D eigenvalue weighted by molar-refractivity contribution is 6.01. The number of carbonyl (C=O) groups excluding carboxylic acids is 1. The second-order valence-corrected chi connectivity index (χ2v) is 7.81. The van der Waals surface area contributed by atoms with Crippen LogP contribution in [0.3, 0.4) is 0 Å². The molecule has 0 spiro atoms. The predicted molar refractivity (Wildman–Crippen MR) is 109 cm³/mol. The SMILES string of the molecule is O=C1CCC(COc2nccc3cc4c(=O)[nH]cc(C5CN(C(=O)O)C5)c4cc23)N1. The molecule has 2 amide bonds. The monoisotopic (exact) mass is 408 g/mol. The van der Waals surface area contributed by atoms with Crippen LogP contribution in [0.5, 0.6) is 5.88 Å². The van der Waals surface area contributed by atoms with Gasteiger partial charge in [-0.2, -0.15) is 0 Å². The summed E-state index contributed by atoms with van der Waals surface area (Å²) in [6, 6.07) is 5.49. The van der Waals surface area contributed by atoms with Crippen LogP contribution in [0.15, 0.2) is 35.4 Å². The van der Waals surface area contributed by atoms with Crippen LogP contribution in [0.4, 0.5) is 4.79 Å². The summed E-state index contributed by atoms with van der Waals surface area (Å²) >= 11 is 0. The molecule has 3 aromatic rings. The van der Waals surface area contributed by atoms with Crippen molar-refractivity contribution in [2.24, 2.45) is 0 Å². The normalized spacial score (nSPS) is 19.1. The van der Waals surface area contributed by atoms with E-state index in [2.05, 4.69) is 15.3 Å². The van der Waals surface area contributed by atoms with Crippen molar-refractivity contribution in [1.29, 1.82) is 0 Å². The van der Waals surface area contributed by atoms with Crippen LogP contribution in [-0.4, -0.2) is 57.7 Å². The van der Waals surface area contributed by atoms with Crippen LogP contribution in [0.25, 0.3) is 21.5 Å². The topological polar surface area (TPSA) is 125 Å². The zero-order chi connectivity index (χ0) is 20.8. The van der Waals surface area contributed by atoms with Crippen LogP contribution in [0.1, 0.15) is 24.3 Å². The van der Waals surface area contributed by atoms with E-state index >= 15 is 0 Å². The number of hydrogen-bond donors (Lipinski definition) is 3. The summed E-state index contributed by atoms with van der Waals surface area (Å²) in [4.78, 5) is 43.4. The lowest BCUT2D eigenvalue weighted by Crippen LogP contribution is -2.47. The summed E-state index contributed by atoms with van der Waals surface area (Å²) in [5, 5.41) is 14.9. The lowest BCUT2D eigenvalue weighted by atomic mass is 9.89. The molecule has 4 heterocycles. The summed E-state index contributed by atoms with van der Waals surface area (Å²) < 4.78 is 5.92. The zero-order valence-electron chi connectivity index (χ0n) is 16.1. The van der Waals surface area contributed by atoms with E-state index in [0.29, 0.717) is 37.4 Å². The molecule has 0 saturated carbocycles. The highest BCUT2D eigenvalue weighted by Gasteiger charge is 2.33. The molecule has 1 aromatic carbocycles. The van der Waals surface area contributed by atoms with Crippen LogP contribution in [-0.2, 0) is 4.79 Å². The highest BCUT2D eigenvalue weighted by atomic mass is 16.5. The van der Waals surface area contributed by atoms with Gasteiger partial charge in [0.2, 0.25) is 11.8 Å². The summed E-state index contributed by atoms with van der Waals surface area (Å²) in [7, 11) is 0. The molecule has 30 heavy (non-hydrogen) atoms. The first-order valence-corrected chi connectivity index (χ1v) is 9.83. The summed E-state index contributed by atoms with van der Waals surface area (Å²) in [6.45, 7) is 1.12. The van der Waals surface area contributed by atoms with Crippen molar-refractivity contribution in [3.63, 3.8) is 0 Å². The first-order valence-electron chi connectivity index (χ1n) is 9.83. The third-order valence-corrected chi connectivity index (χ3v) is 5.88. The van der Waals surface area contributed by atoms with Crippen molar-refractivity contribution in [2.45, 2.75) is 24.8 Å². The van der Waals surface area contributed by atoms with Gasteiger partial charge < -0.3 is 25.0 Å². The standard InChI is InChI=1S/C21H20N4O5/c26-18-2-1-13(24-18)10-30-20-14-6-15-16(5-11(14)3-4-22-20)19(27)23-7-17(15)12-8-25(9-12)21(28)29/h3-7,12-13H,1-2,8-10H2,(H,23,27)(H,24,26)(H,28,29). The number of carbonyl (C=O) groups is 2. The van der Waals surface area contributed by atoms with Crippen LogP contribution in [0.2, 0.25) is 0 Å². The number of aromatic amines is 1. The van der Waals surface area contributed by atoms with Gasteiger partial charge >= 0.3 is 6.09 Å². The zero-order valence-corrected chi connectivity index (χ0v) is 16.1. The maximum atomic E-state index is 12.4. The number of aromatic nitrogens is 2. The molecule has 2 aliphatic rings. The summed E-state index contributed by atoms with van der Waals surface area (Å²) in [5.74, 6) is 0.496. The molecule has 1 atom stereocenters. The molecule has 154 valence electrons. The molecule has 0 aliphatic carbocycles. The Balaban J connectivity index is 1.53. The molecule has 2 aromatic heterocycles. The van der Waals surface area contributed by atoms with Gasteiger partial charge in [-0.25, -0.2) is 9.78 Å². The lowest BCUT2D eigenvalue weighted by Gasteiger charge is -2.37. The second kappa shape index (κ2) is 7.01. The van der Waals surface area contributed by atoms with Gasteiger partial charge in [-0.1, -0.05) is 0 Å². The molecule has 3 N–H and O–H groups in total. The Morgan fingerprint density at radius 1 is 1.23 bits per heavy atom. The Labute approximate surface area is 170 Å². The molecular weight excluding hydrogens is 388 g/mol. The highest BCUT2D eigenvalue weighted by Crippen LogP contribution is 2.34. The summed E-state index contributed by atoms with van der Waals surface area (Å²) in [6.07, 6.45) is 3.59. The van der Waals surface area contributed by atoms with Gasteiger partial charge in [0.1, 0.15) is 6.61 Å². The number of hydrogen-bond acceptors (Lipinski definition) is 5. The number of likely N-dealkylation sites (tertiary alicyclic amines) is 1. The summed E-state index contributed by atoms with van der Waals surface area (Å²) in [5.41, 5.74) is 0.708. The van der Waals surface area contributed by atoms with E-state index in [1.807, 2.05) is 18.2 Å². The largest absolute Gasteiger partial charge is 0.475 e. The maximum Gasteiger partial charge on any atom is 0.407 e. The molecule has 2 aliphatic heterocycles. The number of H-pyrrole nitrogens is 1. The van der Waals surface area contributed by atoms with Gasteiger partial charge in [0, 0.05) is 48.6 Å². The number of amides is 2. The Hall–Kier alpha value is -3.62. The minimum absolute atomic E-state index is 0.0210. The Morgan fingerprint density at radius 2 is 2.07 bits per heavy atom. The molecule has 2 saturated heterocycles. The minimum Gasteiger partial charge on any atom is -0.475 e. The molecular formula is C21H20N4O5. The molecule has 9 nitrogen and oxygen atoms in total. The van der Waals surface area contributed by atoms with Gasteiger partial charge in [-0.05, 0) is 41.0 Å². The number of benzene rings is 1. The molecule has 5 rings (SSSR count). The van der Waals surface area contributed by atoms with Crippen molar-refractivity contribution in [2.75, 3.05) is 19.7 Å². The Bertz CT molecular complexity index is 1230. The third-order valence-electron chi connectivity index (χ3n) is 5.88. The van der Waals surface area contributed by atoms with Crippen molar-refractivity contribution in [3.05, 3.63) is 46.5 Å². The lowest BCUT2D eigenvalue weighted by molar-refractivity contribution is -0.119. The third kappa shape index (κ3) is 3.12. The van der Waals surface area contributed by atoms with Crippen molar-refractivity contribution in [3.8, 4) is 5.88 Å². The molecule has 2 fully saturated rings. The molecule has 0 radical (unpaired) electrons. The molecule has 1 unspecified atom stereocenters. The van der Waals surface area contributed by atoms with Crippen LogP contribution < -0.4 is 15.6 Å². The van der Waals surface area contributed by atoms with Gasteiger partial charge in [0.15, 0.2) is 0 Å². The van der Waals surface area contributed by atoms with Crippen molar-refractivity contribution >= 4 is 33.5 Å². The quantitative estimate of drug-likeness (QED) is 0.566. The van der Waals surface area contributed by atoms with E-state index in [1.165, 1.54) is 4.90 Å². The average molecular weight is 408 g/mol. The number of nitrogens with one attached hydrogen (secondary N) is 2. The fourth-order valence-corrected chi connectivity index (χ4v) is 4.19. The first kappa shape index (κ1) is 18.4. The molecule has 0 bridgehead atoms. The number of carboxylic acid groups (broad SMARTS) is 1. The van der Waals surface area contributed by atoms with Crippen molar-refractivity contribution < 1.29 is 19.4 Å².